The van der Waals surface area contributed by atoms with Crippen LogP contribution in [0.4, 0.5) is 0 Å². The van der Waals surface area contributed by atoms with Gasteiger partial charge in [0, 0.05) is 0 Å². The fourth-order valence-electron chi connectivity index (χ4n) is 4.22. The molecule has 2 fully saturated rings. The van der Waals surface area contributed by atoms with Crippen LogP contribution in [0, 0.1) is 23.7 Å². The van der Waals surface area contributed by atoms with E-state index in [1.54, 1.807) is 0 Å². The summed E-state index contributed by atoms with van der Waals surface area (Å²) in [5.74, 6) is 3.87. The highest BCUT2D eigenvalue weighted by molar-refractivity contribution is 4.98. The molecule has 0 bridgehead atoms. The first-order chi connectivity index (χ1) is 9.83. The minimum Gasteiger partial charge on any atom is -0.0883 e. The normalized spacial score (nSPS) is 34.7. The average Bonchev–Trinajstić information content (AvgIpc) is 2.48. The van der Waals surface area contributed by atoms with Crippen LogP contribution in [0.5, 0.6) is 0 Å². The van der Waals surface area contributed by atoms with Gasteiger partial charge in [0.25, 0.3) is 0 Å². The van der Waals surface area contributed by atoms with E-state index in [2.05, 4.69) is 38.2 Å². The fraction of sp³-hybridized carbons (Fsp3) is 0.800. The lowest BCUT2D eigenvalue weighted by atomic mass is 9.65. The molecule has 0 saturated heterocycles. The predicted octanol–water partition coefficient (Wildman–Crippen LogP) is 6.53. The lowest BCUT2D eigenvalue weighted by molar-refractivity contribution is 0.125. The smallest absolute Gasteiger partial charge is 0.0231 e. The summed E-state index contributed by atoms with van der Waals surface area (Å²) < 4.78 is 0. The molecule has 0 aliphatic heterocycles. The number of fused-ring (bicyclic) bond motifs is 1. The van der Waals surface area contributed by atoms with E-state index < -0.39 is 0 Å². The van der Waals surface area contributed by atoms with Gasteiger partial charge in [-0.25, -0.2) is 0 Å². The van der Waals surface area contributed by atoms with Gasteiger partial charge in [-0.2, -0.15) is 0 Å². The molecule has 2 rings (SSSR count). The van der Waals surface area contributed by atoms with Crippen LogP contribution < -0.4 is 0 Å². The monoisotopic (exact) mass is 274 g/mol. The SMILES string of the molecule is CCCC=CC1CCC2CC(C=CCCC)CCC2C1. The molecule has 0 aromatic rings. The molecule has 0 nitrogen and oxygen atoms in total. The van der Waals surface area contributed by atoms with Gasteiger partial charge < -0.3 is 0 Å². The van der Waals surface area contributed by atoms with Crippen LogP contribution in [-0.2, 0) is 0 Å². The molecule has 2 aliphatic carbocycles. The number of allylic oxidation sites excluding steroid dienone is 4. The standard InChI is InChI=1S/C20H34/c1-3-5-7-9-17-11-13-20-16-18(10-8-6-4-2)12-14-19(20)15-17/h7-10,17-20H,3-6,11-16H2,1-2H3. The lowest BCUT2D eigenvalue weighted by Gasteiger charge is -2.41. The van der Waals surface area contributed by atoms with Gasteiger partial charge in [0.05, 0.1) is 0 Å². The van der Waals surface area contributed by atoms with Gasteiger partial charge >= 0.3 is 0 Å². The zero-order valence-corrected chi connectivity index (χ0v) is 13.7. The number of hydrogen-bond acceptors (Lipinski definition) is 0. The maximum absolute atomic E-state index is 2.53. The quantitative estimate of drug-likeness (QED) is 0.483. The van der Waals surface area contributed by atoms with Crippen LogP contribution in [-0.4, -0.2) is 0 Å². The van der Waals surface area contributed by atoms with Crippen molar-refractivity contribution in [2.45, 2.75) is 78.1 Å². The van der Waals surface area contributed by atoms with Gasteiger partial charge in [0.1, 0.15) is 0 Å². The van der Waals surface area contributed by atoms with E-state index in [1.807, 2.05) is 0 Å². The van der Waals surface area contributed by atoms with Gasteiger partial charge in [0.15, 0.2) is 0 Å². The van der Waals surface area contributed by atoms with E-state index in [1.165, 1.54) is 64.2 Å². The minimum absolute atomic E-state index is 0.898. The summed E-state index contributed by atoms with van der Waals surface area (Å²) in [6, 6.07) is 0. The Labute approximate surface area is 126 Å². The van der Waals surface area contributed by atoms with E-state index in [0.29, 0.717) is 0 Å². The summed E-state index contributed by atoms with van der Waals surface area (Å²) in [4.78, 5) is 0. The van der Waals surface area contributed by atoms with Crippen molar-refractivity contribution in [1.29, 1.82) is 0 Å². The third kappa shape index (κ3) is 4.79. The molecule has 0 radical (unpaired) electrons. The summed E-state index contributed by atoms with van der Waals surface area (Å²) in [5, 5.41) is 0. The van der Waals surface area contributed by atoms with Crippen molar-refractivity contribution in [1.82, 2.24) is 0 Å². The first-order valence-corrected chi connectivity index (χ1v) is 9.16. The molecule has 0 aromatic heterocycles. The largest absolute Gasteiger partial charge is 0.0883 e. The molecule has 2 saturated carbocycles. The molecule has 0 spiro atoms. The van der Waals surface area contributed by atoms with Gasteiger partial charge in [-0.3, -0.25) is 0 Å². The second-order valence-corrected chi connectivity index (χ2v) is 7.10. The Hall–Kier alpha value is -0.520. The summed E-state index contributed by atoms with van der Waals surface area (Å²) in [6.07, 6.45) is 23.9. The highest BCUT2D eigenvalue weighted by Gasteiger charge is 2.33. The number of hydrogen-bond donors (Lipinski definition) is 0. The first kappa shape index (κ1) is 15.9. The van der Waals surface area contributed by atoms with E-state index in [0.717, 1.165) is 23.7 Å². The molecule has 114 valence electrons. The highest BCUT2D eigenvalue weighted by Crippen LogP contribution is 2.45. The van der Waals surface area contributed by atoms with Crippen molar-refractivity contribution in [3.63, 3.8) is 0 Å². The van der Waals surface area contributed by atoms with Crippen LogP contribution in [0.1, 0.15) is 78.1 Å². The summed E-state index contributed by atoms with van der Waals surface area (Å²) in [6.45, 7) is 4.54. The van der Waals surface area contributed by atoms with Crippen LogP contribution in [0.15, 0.2) is 24.3 Å². The second kappa shape index (κ2) is 8.70. The molecule has 0 N–H and O–H groups in total. The molecule has 2 aliphatic rings. The van der Waals surface area contributed by atoms with Crippen molar-refractivity contribution in [2.75, 3.05) is 0 Å². The molecule has 4 atom stereocenters. The summed E-state index contributed by atoms with van der Waals surface area (Å²) >= 11 is 0. The lowest BCUT2D eigenvalue weighted by Crippen LogP contribution is -2.30. The molecule has 0 amide bonds. The maximum atomic E-state index is 2.53. The van der Waals surface area contributed by atoms with E-state index in [9.17, 15) is 0 Å². The Bertz CT molecular complexity index is 280. The van der Waals surface area contributed by atoms with Crippen LogP contribution >= 0.6 is 0 Å². The van der Waals surface area contributed by atoms with Gasteiger partial charge in [-0.05, 0) is 75.0 Å². The minimum atomic E-state index is 0.898. The zero-order valence-electron chi connectivity index (χ0n) is 13.7. The van der Waals surface area contributed by atoms with E-state index in [4.69, 9.17) is 0 Å². The van der Waals surface area contributed by atoms with Crippen molar-refractivity contribution in [2.24, 2.45) is 23.7 Å². The Morgan fingerprint density at radius 1 is 0.700 bits per heavy atom. The molecule has 4 unspecified atom stereocenters. The Morgan fingerprint density at radius 2 is 1.15 bits per heavy atom. The van der Waals surface area contributed by atoms with Crippen molar-refractivity contribution >= 4 is 0 Å². The maximum Gasteiger partial charge on any atom is -0.0231 e. The highest BCUT2D eigenvalue weighted by atomic mass is 14.4. The molecule has 0 heteroatoms. The van der Waals surface area contributed by atoms with Crippen molar-refractivity contribution in [3.8, 4) is 0 Å². The Kier molecular flexibility index (Phi) is 6.90. The summed E-state index contributed by atoms with van der Waals surface area (Å²) in [5.41, 5.74) is 0. The van der Waals surface area contributed by atoms with Gasteiger partial charge in [-0.15, -0.1) is 0 Å². The van der Waals surface area contributed by atoms with Crippen LogP contribution in [0.2, 0.25) is 0 Å². The molecular formula is C20H34. The number of unbranched alkanes of at least 4 members (excludes halogenated alkanes) is 2. The second-order valence-electron chi connectivity index (χ2n) is 7.10. The predicted molar refractivity (Wildman–Crippen MR) is 89.8 cm³/mol. The Balaban J connectivity index is 1.77. The van der Waals surface area contributed by atoms with Crippen LogP contribution in [0.25, 0.3) is 0 Å². The van der Waals surface area contributed by atoms with Crippen LogP contribution in [0.3, 0.4) is 0 Å². The number of rotatable bonds is 6. The van der Waals surface area contributed by atoms with E-state index >= 15 is 0 Å². The molecule has 0 aromatic carbocycles. The fourth-order valence-corrected chi connectivity index (χ4v) is 4.22. The average molecular weight is 274 g/mol. The topological polar surface area (TPSA) is 0 Å². The summed E-state index contributed by atoms with van der Waals surface area (Å²) in [7, 11) is 0. The third-order valence-corrected chi connectivity index (χ3v) is 5.42. The first-order valence-electron chi connectivity index (χ1n) is 9.16. The van der Waals surface area contributed by atoms with Crippen molar-refractivity contribution < 1.29 is 0 Å². The molecule has 20 heavy (non-hydrogen) atoms. The Morgan fingerprint density at radius 3 is 1.55 bits per heavy atom. The van der Waals surface area contributed by atoms with E-state index in [-0.39, 0.29) is 0 Å². The molecule has 0 heterocycles. The third-order valence-electron chi connectivity index (χ3n) is 5.42. The van der Waals surface area contributed by atoms with Gasteiger partial charge in [0.2, 0.25) is 0 Å². The molecular weight excluding hydrogens is 240 g/mol. The van der Waals surface area contributed by atoms with Gasteiger partial charge in [-0.1, -0.05) is 51.0 Å². The van der Waals surface area contributed by atoms with Crippen molar-refractivity contribution in [3.05, 3.63) is 24.3 Å². The zero-order chi connectivity index (χ0) is 14.2.